The Kier molecular flexibility index (Phi) is 3.66. The zero-order valence-electron chi connectivity index (χ0n) is 13.2. The number of nitrogens with zero attached hydrogens (tertiary/aromatic N) is 3. The lowest BCUT2D eigenvalue weighted by Gasteiger charge is -2.01. The molecule has 25 heavy (non-hydrogen) atoms. The van der Waals surface area contributed by atoms with Crippen LogP contribution in [0.5, 0.6) is 0 Å². The van der Waals surface area contributed by atoms with Crippen molar-refractivity contribution in [3.63, 3.8) is 0 Å². The summed E-state index contributed by atoms with van der Waals surface area (Å²) in [5, 5.41) is 9.31. The molecule has 124 valence electrons. The summed E-state index contributed by atoms with van der Waals surface area (Å²) >= 11 is 1.33. The Morgan fingerprint density at radius 3 is 2.88 bits per heavy atom. The van der Waals surface area contributed by atoms with Gasteiger partial charge in [0.2, 0.25) is 0 Å². The first-order valence-corrected chi connectivity index (χ1v) is 8.40. The number of aryl methyl sites for hydroxylation is 1. The van der Waals surface area contributed by atoms with Crippen molar-refractivity contribution in [2.24, 2.45) is 0 Å². The van der Waals surface area contributed by atoms with Gasteiger partial charge in [-0.1, -0.05) is 30.3 Å². The van der Waals surface area contributed by atoms with E-state index >= 15 is 0 Å². The molecule has 1 amide bonds. The quantitative estimate of drug-likeness (QED) is 0.593. The lowest BCUT2D eigenvalue weighted by Crippen LogP contribution is -2.17. The van der Waals surface area contributed by atoms with Crippen LogP contribution in [0.1, 0.15) is 16.1 Å². The number of fused-ring (bicyclic) bond motifs is 1. The molecule has 0 bridgehead atoms. The zero-order valence-corrected chi connectivity index (χ0v) is 14.0. The summed E-state index contributed by atoms with van der Waals surface area (Å²) in [6, 6.07) is 9.71. The Hall–Kier alpha value is -3.26. The summed E-state index contributed by atoms with van der Waals surface area (Å²) in [6.45, 7) is 1.69. The van der Waals surface area contributed by atoms with E-state index in [-0.39, 0.29) is 16.6 Å². The summed E-state index contributed by atoms with van der Waals surface area (Å²) in [6.07, 6.45) is 3.08. The Morgan fingerprint density at radius 1 is 1.28 bits per heavy atom. The van der Waals surface area contributed by atoms with Crippen molar-refractivity contribution in [2.45, 2.75) is 6.92 Å². The number of carbonyl (C=O) groups excluding carboxylic acids is 1. The van der Waals surface area contributed by atoms with Gasteiger partial charge in [-0.15, -0.1) is 11.3 Å². The molecule has 3 heterocycles. The zero-order chi connectivity index (χ0) is 17.4. The third kappa shape index (κ3) is 2.72. The molecule has 0 aliphatic carbocycles. The fraction of sp³-hybridized carbons (Fsp3) is 0.0588. The van der Waals surface area contributed by atoms with Crippen molar-refractivity contribution < 1.29 is 4.79 Å². The highest BCUT2D eigenvalue weighted by Crippen LogP contribution is 2.25. The maximum atomic E-state index is 12.7. The maximum absolute atomic E-state index is 12.7. The van der Waals surface area contributed by atoms with Crippen LogP contribution in [0, 0.1) is 6.92 Å². The second-order valence-electron chi connectivity index (χ2n) is 5.40. The third-order valence-corrected chi connectivity index (χ3v) is 4.51. The first-order valence-electron chi connectivity index (χ1n) is 7.52. The first-order chi connectivity index (χ1) is 12.1. The van der Waals surface area contributed by atoms with E-state index in [4.69, 9.17) is 0 Å². The van der Waals surface area contributed by atoms with Gasteiger partial charge in [0.1, 0.15) is 5.52 Å². The molecule has 0 saturated heterocycles. The van der Waals surface area contributed by atoms with Crippen LogP contribution < -0.4 is 10.9 Å². The molecule has 7 nitrogen and oxygen atoms in total. The van der Waals surface area contributed by atoms with Crippen molar-refractivity contribution in [1.82, 2.24) is 19.6 Å². The van der Waals surface area contributed by atoms with Crippen molar-refractivity contribution >= 4 is 27.9 Å². The number of amides is 1. The van der Waals surface area contributed by atoms with Crippen LogP contribution in [-0.4, -0.2) is 25.5 Å². The highest BCUT2D eigenvalue weighted by atomic mass is 32.1. The van der Waals surface area contributed by atoms with Gasteiger partial charge >= 0.3 is 0 Å². The van der Waals surface area contributed by atoms with Crippen LogP contribution in [0.2, 0.25) is 0 Å². The average Bonchev–Trinajstić information content (AvgIpc) is 3.20. The van der Waals surface area contributed by atoms with Crippen LogP contribution in [0.25, 0.3) is 16.8 Å². The molecule has 0 saturated carbocycles. The Labute approximate surface area is 146 Å². The molecule has 0 spiro atoms. The topological polar surface area (TPSA) is 92.2 Å². The summed E-state index contributed by atoms with van der Waals surface area (Å²) < 4.78 is 1.40. The largest absolute Gasteiger partial charge is 0.326 e. The Morgan fingerprint density at radius 2 is 2.08 bits per heavy atom. The Bertz CT molecular complexity index is 1130. The maximum Gasteiger partial charge on any atom is 0.274 e. The standard InChI is InChI=1S/C17H13N5O2S/c1-10-13(14-16(24)18-7-8-22(14)21-10)15(23)20-17-19-12(9-25-17)11-5-3-2-4-6-11/h2-9H,1H3,(H,18,24)(H,19,20,23). The number of aromatic nitrogens is 4. The minimum absolute atomic E-state index is 0.220. The molecule has 4 rings (SSSR count). The minimum Gasteiger partial charge on any atom is -0.326 e. The van der Waals surface area contributed by atoms with E-state index in [0.29, 0.717) is 10.8 Å². The van der Waals surface area contributed by atoms with Gasteiger partial charge in [0.25, 0.3) is 11.5 Å². The number of hydrogen-bond acceptors (Lipinski definition) is 5. The number of nitrogens with one attached hydrogen (secondary N) is 2. The van der Waals surface area contributed by atoms with E-state index in [1.807, 2.05) is 35.7 Å². The van der Waals surface area contributed by atoms with Crippen molar-refractivity contribution in [2.75, 3.05) is 5.32 Å². The number of thiazole rings is 1. The first kappa shape index (κ1) is 15.3. The van der Waals surface area contributed by atoms with Gasteiger partial charge < -0.3 is 4.98 Å². The molecule has 4 aromatic rings. The number of aromatic amines is 1. The van der Waals surface area contributed by atoms with Crippen molar-refractivity contribution in [1.29, 1.82) is 0 Å². The van der Waals surface area contributed by atoms with Gasteiger partial charge in [0, 0.05) is 23.3 Å². The minimum atomic E-state index is -0.404. The molecule has 2 N–H and O–H groups in total. The highest BCUT2D eigenvalue weighted by Gasteiger charge is 2.20. The molecule has 0 aliphatic rings. The molecule has 0 atom stereocenters. The van der Waals surface area contributed by atoms with E-state index in [0.717, 1.165) is 11.3 Å². The third-order valence-electron chi connectivity index (χ3n) is 3.75. The smallest absolute Gasteiger partial charge is 0.274 e. The SMILES string of the molecule is Cc1nn2cc[nH]c(=O)c2c1C(=O)Nc1nc(-c2ccccc2)cs1. The number of H-pyrrole nitrogens is 1. The van der Waals surface area contributed by atoms with Gasteiger partial charge in [-0.25, -0.2) is 9.50 Å². The summed E-state index contributed by atoms with van der Waals surface area (Å²) in [5.41, 5.74) is 2.35. The fourth-order valence-corrected chi connectivity index (χ4v) is 3.34. The van der Waals surface area contributed by atoms with E-state index in [2.05, 4.69) is 20.4 Å². The molecular weight excluding hydrogens is 338 g/mol. The number of hydrogen-bond donors (Lipinski definition) is 2. The molecule has 1 aromatic carbocycles. The summed E-state index contributed by atoms with van der Waals surface area (Å²) in [5.74, 6) is -0.404. The fourth-order valence-electron chi connectivity index (χ4n) is 2.63. The van der Waals surface area contributed by atoms with E-state index in [1.165, 1.54) is 22.0 Å². The molecule has 0 aliphatic heterocycles. The molecule has 0 fully saturated rings. The molecule has 3 aromatic heterocycles. The molecule has 0 unspecified atom stereocenters. The molecule has 0 radical (unpaired) electrons. The van der Waals surface area contributed by atoms with E-state index < -0.39 is 5.91 Å². The van der Waals surface area contributed by atoms with Crippen LogP contribution >= 0.6 is 11.3 Å². The second-order valence-corrected chi connectivity index (χ2v) is 6.26. The van der Waals surface area contributed by atoms with Crippen LogP contribution in [0.4, 0.5) is 5.13 Å². The van der Waals surface area contributed by atoms with Crippen LogP contribution in [0.15, 0.2) is 52.9 Å². The van der Waals surface area contributed by atoms with Gasteiger partial charge in [-0.05, 0) is 6.92 Å². The average molecular weight is 351 g/mol. The number of benzene rings is 1. The number of carbonyl (C=O) groups is 1. The summed E-state index contributed by atoms with van der Waals surface area (Å²) in [7, 11) is 0. The predicted octanol–water partition coefficient (Wildman–Crippen LogP) is 2.71. The van der Waals surface area contributed by atoms with Gasteiger partial charge in [0.05, 0.1) is 17.0 Å². The predicted molar refractivity (Wildman–Crippen MR) is 96.1 cm³/mol. The molecular formula is C17H13N5O2S. The number of anilines is 1. The van der Waals surface area contributed by atoms with E-state index in [1.54, 1.807) is 13.1 Å². The van der Waals surface area contributed by atoms with Crippen molar-refractivity contribution in [3.05, 3.63) is 69.7 Å². The monoisotopic (exact) mass is 351 g/mol. The molecule has 8 heteroatoms. The highest BCUT2D eigenvalue weighted by molar-refractivity contribution is 7.14. The van der Waals surface area contributed by atoms with Gasteiger partial charge in [-0.3, -0.25) is 14.9 Å². The second kappa shape index (κ2) is 5.99. The van der Waals surface area contributed by atoms with Crippen molar-refractivity contribution in [3.8, 4) is 11.3 Å². The lowest BCUT2D eigenvalue weighted by atomic mass is 10.2. The summed E-state index contributed by atoms with van der Waals surface area (Å²) in [4.78, 5) is 31.7. The lowest BCUT2D eigenvalue weighted by molar-refractivity contribution is 0.102. The van der Waals surface area contributed by atoms with Crippen LogP contribution in [0.3, 0.4) is 0 Å². The van der Waals surface area contributed by atoms with Gasteiger partial charge in [-0.2, -0.15) is 5.10 Å². The normalized spacial score (nSPS) is 10.9. The Balaban J connectivity index is 1.67. The van der Waals surface area contributed by atoms with Gasteiger partial charge in [0.15, 0.2) is 5.13 Å². The van der Waals surface area contributed by atoms with E-state index in [9.17, 15) is 9.59 Å². The van der Waals surface area contributed by atoms with Crippen LogP contribution in [-0.2, 0) is 0 Å². The number of rotatable bonds is 3.